The minimum Gasteiger partial charge on any atom is -0.315 e. The number of hydrogen-bond donors (Lipinski definition) is 2. The van der Waals surface area contributed by atoms with E-state index in [0.717, 1.165) is 18.0 Å². The molecule has 3 saturated heterocycles. The van der Waals surface area contributed by atoms with Crippen molar-refractivity contribution in [2.24, 2.45) is 5.92 Å². The van der Waals surface area contributed by atoms with E-state index in [1.807, 2.05) is 0 Å². The lowest BCUT2D eigenvalue weighted by Gasteiger charge is -2.45. The van der Waals surface area contributed by atoms with Crippen LogP contribution in [-0.2, 0) is 0 Å². The van der Waals surface area contributed by atoms with Gasteiger partial charge >= 0.3 is 0 Å². The molecule has 3 atom stereocenters. The number of piperazine rings is 1. The second kappa shape index (κ2) is 7.21. The number of hydrogen-bond acceptors (Lipinski definition) is 4. The van der Waals surface area contributed by atoms with Crippen molar-refractivity contribution in [2.45, 2.75) is 44.7 Å². The molecule has 3 rings (SSSR count). The van der Waals surface area contributed by atoms with Gasteiger partial charge in [-0.15, -0.1) is 0 Å². The zero-order valence-corrected chi connectivity index (χ0v) is 13.1. The SMILES string of the molecule is CC1CCCCN1CC1CCNCC1N1CCNCC1. The third kappa shape index (κ3) is 3.53. The first-order chi connectivity index (χ1) is 9.84. The minimum absolute atomic E-state index is 0.764. The zero-order chi connectivity index (χ0) is 13.8. The maximum atomic E-state index is 3.63. The Kier molecular flexibility index (Phi) is 5.32. The van der Waals surface area contributed by atoms with Gasteiger partial charge in [0.15, 0.2) is 0 Å². The summed E-state index contributed by atoms with van der Waals surface area (Å²) in [6, 6.07) is 1.57. The fourth-order valence-corrected chi connectivity index (χ4v) is 4.28. The fourth-order valence-electron chi connectivity index (χ4n) is 4.28. The van der Waals surface area contributed by atoms with Gasteiger partial charge in [-0.1, -0.05) is 6.42 Å². The molecule has 0 aromatic carbocycles. The molecule has 4 heteroatoms. The van der Waals surface area contributed by atoms with E-state index in [1.54, 1.807) is 0 Å². The van der Waals surface area contributed by atoms with Crippen molar-refractivity contribution in [3.8, 4) is 0 Å². The molecule has 2 N–H and O–H groups in total. The molecule has 0 radical (unpaired) electrons. The van der Waals surface area contributed by atoms with E-state index in [4.69, 9.17) is 0 Å². The molecule has 3 aliphatic heterocycles. The Labute approximate surface area is 124 Å². The summed E-state index contributed by atoms with van der Waals surface area (Å²) in [6.45, 7) is 12.3. The first-order valence-corrected chi connectivity index (χ1v) is 8.74. The molecule has 0 aromatic heterocycles. The van der Waals surface area contributed by atoms with E-state index in [9.17, 15) is 0 Å². The summed E-state index contributed by atoms with van der Waals surface area (Å²) in [5.41, 5.74) is 0. The van der Waals surface area contributed by atoms with Crippen LogP contribution in [-0.4, -0.2) is 74.2 Å². The number of piperidine rings is 2. The lowest BCUT2D eigenvalue weighted by Crippen LogP contribution is -2.59. The van der Waals surface area contributed by atoms with E-state index in [2.05, 4.69) is 27.4 Å². The van der Waals surface area contributed by atoms with E-state index in [-0.39, 0.29) is 0 Å². The Balaban J connectivity index is 1.59. The highest BCUT2D eigenvalue weighted by Crippen LogP contribution is 2.24. The Morgan fingerprint density at radius 1 is 0.950 bits per heavy atom. The summed E-state index contributed by atoms with van der Waals surface area (Å²) in [5, 5.41) is 7.11. The van der Waals surface area contributed by atoms with Crippen LogP contribution in [0.1, 0.15) is 32.6 Å². The molecule has 3 heterocycles. The Morgan fingerprint density at radius 3 is 2.60 bits per heavy atom. The molecular formula is C16H32N4. The molecule has 3 unspecified atom stereocenters. The number of nitrogens with zero attached hydrogens (tertiary/aromatic N) is 2. The molecule has 116 valence electrons. The van der Waals surface area contributed by atoms with Crippen molar-refractivity contribution in [3.05, 3.63) is 0 Å². The Bertz CT molecular complexity index is 290. The summed E-state index contributed by atoms with van der Waals surface area (Å²) >= 11 is 0. The number of rotatable bonds is 3. The minimum atomic E-state index is 0.764. The van der Waals surface area contributed by atoms with E-state index in [1.165, 1.54) is 78.0 Å². The Hall–Kier alpha value is -0.160. The smallest absolute Gasteiger partial charge is 0.0262 e. The molecule has 0 spiro atoms. The molecular weight excluding hydrogens is 248 g/mol. The maximum absolute atomic E-state index is 3.63. The molecule has 20 heavy (non-hydrogen) atoms. The number of nitrogens with one attached hydrogen (secondary N) is 2. The largest absolute Gasteiger partial charge is 0.315 e. The number of likely N-dealkylation sites (tertiary alicyclic amines) is 1. The normalized spacial score (nSPS) is 38.0. The second-order valence-corrected chi connectivity index (χ2v) is 6.95. The quantitative estimate of drug-likeness (QED) is 0.798. The monoisotopic (exact) mass is 280 g/mol. The first kappa shape index (κ1) is 14.8. The highest BCUT2D eigenvalue weighted by molar-refractivity contribution is 4.90. The van der Waals surface area contributed by atoms with Crippen LogP contribution >= 0.6 is 0 Å². The van der Waals surface area contributed by atoms with Gasteiger partial charge in [0.2, 0.25) is 0 Å². The fraction of sp³-hybridized carbons (Fsp3) is 1.00. The Morgan fingerprint density at radius 2 is 1.80 bits per heavy atom. The highest BCUT2D eigenvalue weighted by Gasteiger charge is 2.33. The molecule has 0 aliphatic carbocycles. The van der Waals surface area contributed by atoms with Crippen LogP contribution in [0.4, 0.5) is 0 Å². The molecule has 3 aliphatic rings. The first-order valence-electron chi connectivity index (χ1n) is 8.74. The van der Waals surface area contributed by atoms with Crippen molar-refractivity contribution >= 4 is 0 Å². The summed E-state index contributed by atoms with van der Waals surface area (Å²) in [4.78, 5) is 5.51. The van der Waals surface area contributed by atoms with Crippen LogP contribution in [0, 0.1) is 5.92 Å². The van der Waals surface area contributed by atoms with Gasteiger partial charge in [0.05, 0.1) is 0 Å². The molecule has 3 fully saturated rings. The average Bonchev–Trinajstić information content (AvgIpc) is 2.51. The predicted octanol–water partition coefficient (Wildman–Crippen LogP) is 0.744. The molecule has 0 aromatic rings. The van der Waals surface area contributed by atoms with Gasteiger partial charge in [-0.2, -0.15) is 0 Å². The van der Waals surface area contributed by atoms with Gasteiger partial charge in [0, 0.05) is 51.4 Å². The summed E-state index contributed by atoms with van der Waals surface area (Å²) in [5.74, 6) is 0.870. The van der Waals surface area contributed by atoms with Crippen molar-refractivity contribution < 1.29 is 0 Å². The van der Waals surface area contributed by atoms with Gasteiger partial charge < -0.3 is 15.5 Å². The van der Waals surface area contributed by atoms with Gasteiger partial charge in [-0.25, -0.2) is 0 Å². The molecule has 0 bridgehead atoms. The second-order valence-electron chi connectivity index (χ2n) is 6.95. The zero-order valence-electron chi connectivity index (χ0n) is 13.1. The van der Waals surface area contributed by atoms with Crippen LogP contribution in [0.15, 0.2) is 0 Å². The van der Waals surface area contributed by atoms with Crippen LogP contribution in [0.5, 0.6) is 0 Å². The van der Waals surface area contributed by atoms with Gasteiger partial charge in [0.25, 0.3) is 0 Å². The van der Waals surface area contributed by atoms with E-state index < -0.39 is 0 Å². The van der Waals surface area contributed by atoms with Crippen molar-refractivity contribution in [1.29, 1.82) is 0 Å². The maximum Gasteiger partial charge on any atom is 0.0262 e. The molecule has 4 nitrogen and oxygen atoms in total. The highest BCUT2D eigenvalue weighted by atomic mass is 15.2. The lowest BCUT2D eigenvalue weighted by molar-refractivity contribution is 0.0563. The van der Waals surface area contributed by atoms with Gasteiger partial charge in [-0.3, -0.25) is 4.90 Å². The van der Waals surface area contributed by atoms with Gasteiger partial charge in [-0.05, 0) is 45.2 Å². The van der Waals surface area contributed by atoms with Gasteiger partial charge in [0.1, 0.15) is 0 Å². The molecule has 0 amide bonds. The summed E-state index contributed by atoms with van der Waals surface area (Å²) < 4.78 is 0. The summed E-state index contributed by atoms with van der Waals surface area (Å²) in [6.07, 6.45) is 5.61. The lowest BCUT2D eigenvalue weighted by atomic mass is 9.89. The van der Waals surface area contributed by atoms with Crippen molar-refractivity contribution in [3.63, 3.8) is 0 Å². The standard InChI is InChI=1S/C16H32N4/c1-14-4-2-3-9-20(14)13-15-5-6-18-12-16(15)19-10-7-17-8-11-19/h14-18H,2-13H2,1H3. The van der Waals surface area contributed by atoms with Crippen molar-refractivity contribution in [1.82, 2.24) is 20.4 Å². The van der Waals surface area contributed by atoms with Crippen LogP contribution in [0.2, 0.25) is 0 Å². The van der Waals surface area contributed by atoms with Crippen LogP contribution in [0.3, 0.4) is 0 Å². The third-order valence-electron chi connectivity index (χ3n) is 5.62. The van der Waals surface area contributed by atoms with Crippen LogP contribution < -0.4 is 10.6 Å². The summed E-state index contributed by atoms with van der Waals surface area (Å²) in [7, 11) is 0. The molecule has 0 saturated carbocycles. The predicted molar refractivity (Wildman–Crippen MR) is 84.1 cm³/mol. The van der Waals surface area contributed by atoms with Crippen molar-refractivity contribution in [2.75, 3.05) is 52.4 Å². The van der Waals surface area contributed by atoms with E-state index in [0.29, 0.717) is 0 Å². The van der Waals surface area contributed by atoms with Crippen LogP contribution in [0.25, 0.3) is 0 Å². The van der Waals surface area contributed by atoms with E-state index >= 15 is 0 Å². The topological polar surface area (TPSA) is 30.5 Å². The third-order valence-corrected chi connectivity index (χ3v) is 5.62. The average molecular weight is 280 g/mol.